The molecule has 0 unspecified atom stereocenters. The number of benzene rings is 2. The minimum absolute atomic E-state index is 0.0640. The van der Waals surface area contributed by atoms with Crippen LogP contribution in [0.4, 0.5) is 4.39 Å². The quantitative estimate of drug-likeness (QED) is 0.710. The first-order valence-electron chi connectivity index (χ1n) is 5.43. The van der Waals surface area contributed by atoms with Crippen LogP contribution in [-0.4, -0.2) is 15.1 Å². The number of halogens is 1. The van der Waals surface area contributed by atoms with E-state index < -0.39 is 0 Å². The van der Waals surface area contributed by atoms with Gasteiger partial charge in [-0.25, -0.2) is 14.4 Å². The van der Waals surface area contributed by atoms with Gasteiger partial charge in [-0.1, -0.05) is 12.1 Å². The van der Waals surface area contributed by atoms with E-state index in [2.05, 4.69) is 9.97 Å². The van der Waals surface area contributed by atoms with E-state index in [0.29, 0.717) is 11.1 Å². The molecule has 0 atom stereocenters. The first-order valence-corrected chi connectivity index (χ1v) is 5.43. The highest BCUT2D eigenvalue weighted by Crippen LogP contribution is 2.30. The summed E-state index contributed by atoms with van der Waals surface area (Å²) in [4.78, 5) is 7.91. The molecule has 0 amide bonds. The summed E-state index contributed by atoms with van der Waals surface area (Å²) in [5.41, 5.74) is 1.93. The van der Waals surface area contributed by atoms with Crippen molar-refractivity contribution in [3.8, 4) is 16.9 Å². The third-order valence-corrected chi connectivity index (χ3v) is 2.74. The number of aromatic hydroxyl groups is 1. The summed E-state index contributed by atoms with van der Waals surface area (Å²) in [5.74, 6) is -0.245. The van der Waals surface area contributed by atoms with E-state index in [-0.39, 0.29) is 11.6 Å². The molecule has 1 heterocycles. The van der Waals surface area contributed by atoms with Crippen molar-refractivity contribution >= 4 is 10.9 Å². The topological polar surface area (TPSA) is 46.0 Å². The van der Waals surface area contributed by atoms with Crippen molar-refractivity contribution in [2.24, 2.45) is 0 Å². The van der Waals surface area contributed by atoms with Crippen molar-refractivity contribution in [1.29, 1.82) is 0 Å². The lowest BCUT2D eigenvalue weighted by molar-refractivity contribution is 0.480. The first-order chi connectivity index (χ1) is 8.74. The third-order valence-electron chi connectivity index (χ3n) is 2.74. The fourth-order valence-corrected chi connectivity index (χ4v) is 1.92. The number of phenols is 1. The average Bonchev–Trinajstić information content (AvgIpc) is 2.39. The molecule has 1 N–H and O–H groups in total. The van der Waals surface area contributed by atoms with Gasteiger partial charge in [-0.2, -0.15) is 0 Å². The lowest BCUT2D eigenvalue weighted by atomic mass is 10.0. The Kier molecular flexibility index (Phi) is 2.41. The van der Waals surface area contributed by atoms with Crippen molar-refractivity contribution in [2.45, 2.75) is 0 Å². The molecule has 0 aliphatic carbocycles. The second-order valence-corrected chi connectivity index (χ2v) is 3.97. The molecule has 3 rings (SSSR count). The summed E-state index contributed by atoms with van der Waals surface area (Å²) in [6.07, 6.45) is 2.99. The molecule has 0 fully saturated rings. The Morgan fingerprint density at radius 1 is 1.06 bits per heavy atom. The molecule has 0 aliphatic heterocycles. The first kappa shape index (κ1) is 10.7. The van der Waals surface area contributed by atoms with Crippen LogP contribution in [0.2, 0.25) is 0 Å². The zero-order chi connectivity index (χ0) is 12.5. The molecular weight excluding hydrogens is 231 g/mol. The molecule has 0 saturated carbocycles. The van der Waals surface area contributed by atoms with Crippen molar-refractivity contribution in [3.05, 3.63) is 54.7 Å². The predicted octanol–water partition coefficient (Wildman–Crippen LogP) is 3.14. The smallest absolute Gasteiger partial charge is 0.142 e. The van der Waals surface area contributed by atoms with Gasteiger partial charge in [-0.3, -0.25) is 0 Å². The fourth-order valence-electron chi connectivity index (χ4n) is 1.92. The predicted molar refractivity (Wildman–Crippen MR) is 66.6 cm³/mol. The lowest BCUT2D eigenvalue weighted by Gasteiger charge is -2.05. The highest BCUT2D eigenvalue weighted by atomic mass is 19.1. The van der Waals surface area contributed by atoms with Crippen molar-refractivity contribution in [2.75, 3.05) is 0 Å². The maximum absolute atomic E-state index is 13.2. The van der Waals surface area contributed by atoms with Gasteiger partial charge in [-0.15, -0.1) is 0 Å². The van der Waals surface area contributed by atoms with Crippen LogP contribution in [0.1, 0.15) is 0 Å². The van der Waals surface area contributed by atoms with E-state index in [1.54, 1.807) is 24.4 Å². The van der Waals surface area contributed by atoms with Crippen LogP contribution in [0.3, 0.4) is 0 Å². The summed E-state index contributed by atoms with van der Waals surface area (Å²) in [6.45, 7) is 0. The van der Waals surface area contributed by atoms with E-state index in [9.17, 15) is 9.50 Å². The SMILES string of the molecule is Oc1cc(-c2cccc(F)c2)cc2cncnc12. The molecule has 0 bridgehead atoms. The Labute approximate surface area is 103 Å². The van der Waals surface area contributed by atoms with Crippen LogP contribution in [0.5, 0.6) is 5.75 Å². The molecule has 3 nitrogen and oxygen atoms in total. The molecule has 1 aromatic heterocycles. The van der Waals surface area contributed by atoms with E-state index >= 15 is 0 Å². The molecular formula is C14H9FN2O. The molecule has 0 saturated heterocycles. The Bertz CT molecular complexity index is 728. The van der Waals surface area contributed by atoms with Gasteiger partial charge in [0.2, 0.25) is 0 Å². The molecule has 4 heteroatoms. The molecule has 2 aromatic carbocycles. The second kappa shape index (κ2) is 4.07. The fraction of sp³-hybridized carbons (Fsp3) is 0. The summed E-state index contributed by atoms with van der Waals surface area (Å²) < 4.78 is 13.2. The molecule has 88 valence electrons. The summed E-state index contributed by atoms with van der Waals surface area (Å²) in [5, 5.41) is 10.6. The van der Waals surface area contributed by atoms with Gasteiger partial charge >= 0.3 is 0 Å². The highest BCUT2D eigenvalue weighted by molar-refractivity contribution is 5.88. The zero-order valence-corrected chi connectivity index (χ0v) is 9.34. The number of aromatic nitrogens is 2. The van der Waals surface area contributed by atoms with E-state index in [1.165, 1.54) is 18.5 Å². The highest BCUT2D eigenvalue weighted by Gasteiger charge is 2.06. The Morgan fingerprint density at radius 3 is 2.78 bits per heavy atom. The van der Waals surface area contributed by atoms with Crippen LogP contribution in [-0.2, 0) is 0 Å². The lowest BCUT2D eigenvalue weighted by Crippen LogP contribution is -1.85. The maximum atomic E-state index is 13.2. The van der Waals surface area contributed by atoms with Gasteiger partial charge in [0.1, 0.15) is 23.4 Å². The van der Waals surface area contributed by atoms with E-state index in [1.807, 2.05) is 6.07 Å². The third kappa shape index (κ3) is 1.78. The second-order valence-electron chi connectivity index (χ2n) is 3.97. The van der Waals surface area contributed by atoms with Gasteiger partial charge in [-0.05, 0) is 35.4 Å². The molecule has 0 radical (unpaired) electrons. The number of nitrogens with zero attached hydrogens (tertiary/aromatic N) is 2. The van der Waals surface area contributed by atoms with Crippen LogP contribution < -0.4 is 0 Å². The summed E-state index contributed by atoms with van der Waals surface area (Å²) in [7, 11) is 0. The van der Waals surface area contributed by atoms with Gasteiger partial charge in [0, 0.05) is 11.6 Å². The van der Waals surface area contributed by atoms with E-state index in [4.69, 9.17) is 0 Å². The minimum atomic E-state index is -0.309. The monoisotopic (exact) mass is 240 g/mol. The van der Waals surface area contributed by atoms with Crippen LogP contribution >= 0.6 is 0 Å². The normalized spacial score (nSPS) is 10.7. The Hall–Kier alpha value is -2.49. The van der Waals surface area contributed by atoms with E-state index in [0.717, 1.165) is 10.9 Å². The van der Waals surface area contributed by atoms with Gasteiger partial charge < -0.3 is 5.11 Å². The van der Waals surface area contributed by atoms with Gasteiger partial charge in [0.25, 0.3) is 0 Å². The zero-order valence-electron chi connectivity index (χ0n) is 9.34. The van der Waals surface area contributed by atoms with Crippen LogP contribution in [0.25, 0.3) is 22.0 Å². The standard InChI is InChI=1S/C14H9FN2O/c15-12-3-1-2-9(5-12)10-4-11-7-16-8-17-14(11)13(18)6-10/h1-8,18H. The number of rotatable bonds is 1. The average molecular weight is 240 g/mol. The number of phenolic OH excluding ortho intramolecular Hbond substituents is 1. The molecule has 18 heavy (non-hydrogen) atoms. The Balaban J connectivity index is 2.24. The summed E-state index contributed by atoms with van der Waals surface area (Å²) >= 11 is 0. The Morgan fingerprint density at radius 2 is 1.94 bits per heavy atom. The molecule has 0 aliphatic rings. The largest absolute Gasteiger partial charge is 0.506 e. The van der Waals surface area contributed by atoms with Crippen molar-refractivity contribution in [1.82, 2.24) is 9.97 Å². The van der Waals surface area contributed by atoms with Gasteiger partial charge in [0.05, 0.1) is 0 Å². The van der Waals surface area contributed by atoms with Crippen molar-refractivity contribution in [3.63, 3.8) is 0 Å². The summed E-state index contributed by atoms with van der Waals surface area (Å²) in [6, 6.07) is 9.62. The van der Waals surface area contributed by atoms with Gasteiger partial charge in [0.15, 0.2) is 0 Å². The van der Waals surface area contributed by atoms with Crippen LogP contribution in [0.15, 0.2) is 48.9 Å². The number of fused-ring (bicyclic) bond motifs is 1. The van der Waals surface area contributed by atoms with Crippen LogP contribution in [0, 0.1) is 5.82 Å². The van der Waals surface area contributed by atoms with Crippen molar-refractivity contribution < 1.29 is 9.50 Å². The number of hydrogen-bond donors (Lipinski definition) is 1. The number of hydrogen-bond acceptors (Lipinski definition) is 3. The maximum Gasteiger partial charge on any atom is 0.142 e. The molecule has 0 spiro atoms. The molecule has 3 aromatic rings. The minimum Gasteiger partial charge on any atom is -0.506 e.